The van der Waals surface area contributed by atoms with Crippen LogP contribution in [0.25, 0.3) is 11.1 Å². The third-order valence-corrected chi connectivity index (χ3v) is 3.28. The van der Waals surface area contributed by atoms with E-state index in [1.807, 2.05) is 0 Å². The minimum absolute atomic E-state index is 0.267. The molecule has 5 heteroatoms. The molecular weight excluding hydrogens is 293 g/mol. The Morgan fingerprint density at radius 3 is 2.18 bits per heavy atom. The molecule has 0 spiro atoms. The van der Waals surface area contributed by atoms with Crippen molar-refractivity contribution >= 4 is 5.97 Å². The number of benzene rings is 2. The minimum atomic E-state index is -4.36. The Morgan fingerprint density at radius 2 is 1.64 bits per heavy atom. The van der Waals surface area contributed by atoms with Gasteiger partial charge in [0.1, 0.15) is 0 Å². The molecule has 0 saturated carbocycles. The molecule has 2 aromatic rings. The molecule has 2 rings (SSSR count). The maximum absolute atomic E-state index is 12.6. The summed E-state index contributed by atoms with van der Waals surface area (Å²) in [5, 5.41) is 0. The van der Waals surface area contributed by atoms with E-state index in [0.717, 1.165) is 17.7 Å². The Kier molecular flexibility index (Phi) is 4.54. The van der Waals surface area contributed by atoms with Crippen molar-refractivity contribution < 1.29 is 22.7 Å². The molecule has 0 atom stereocenters. The maximum atomic E-state index is 12.6. The molecule has 0 aliphatic carbocycles. The van der Waals surface area contributed by atoms with Crippen molar-refractivity contribution in [2.24, 2.45) is 0 Å². The third kappa shape index (κ3) is 3.47. The van der Waals surface area contributed by atoms with Gasteiger partial charge in [0.2, 0.25) is 0 Å². The van der Waals surface area contributed by atoms with Crippen LogP contribution in [-0.4, -0.2) is 12.6 Å². The van der Waals surface area contributed by atoms with Crippen molar-refractivity contribution in [2.45, 2.75) is 20.0 Å². The first kappa shape index (κ1) is 16.1. The minimum Gasteiger partial charge on any atom is -0.462 e. The van der Waals surface area contributed by atoms with Gasteiger partial charge in [0.15, 0.2) is 0 Å². The predicted octanol–water partition coefficient (Wildman–Crippen LogP) is 4.86. The SMILES string of the molecule is CCOC(=O)c1cc(-c2ccc(C(F)(F)F)cc2)ccc1C. The molecule has 0 heterocycles. The maximum Gasteiger partial charge on any atom is 0.416 e. The van der Waals surface area contributed by atoms with Gasteiger partial charge in [-0.25, -0.2) is 4.79 Å². The molecular formula is C17H15F3O2. The van der Waals surface area contributed by atoms with E-state index < -0.39 is 17.7 Å². The largest absolute Gasteiger partial charge is 0.462 e. The summed E-state index contributed by atoms with van der Waals surface area (Å²) in [6, 6.07) is 9.99. The van der Waals surface area contributed by atoms with Gasteiger partial charge in [0.25, 0.3) is 0 Å². The Morgan fingerprint density at radius 1 is 1.05 bits per heavy atom. The number of carbonyl (C=O) groups excluding carboxylic acids is 1. The van der Waals surface area contributed by atoms with E-state index in [4.69, 9.17) is 4.74 Å². The van der Waals surface area contributed by atoms with Crippen LogP contribution in [0.5, 0.6) is 0 Å². The first-order valence-corrected chi connectivity index (χ1v) is 6.78. The lowest BCUT2D eigenvalue weighted by Crippen LogP contribution is -2.07. The lowest BCUT2D eigenvalue weighted by Gasteiger charge is -2.10. The van der Waals surface area contributed by atoms with Crippen molar-refractivity contribution in [3.8, 4) is 11.1 Å². The number of carbonyl (C=O) groups is 1. The summed E-state index contributed by atoms with van der Waals surface area (Å²) in [7, 11) is 0. The molecule has 0 saturated heterocycles. The van der Waals surface area contributed by atoms with Crippen LogP contribution in [0.1, 0.15) is 28.4 Å². The molecule has 0 aliphatic heterocycles. The number of halogens is 3. The van der Waals surface area contributed by atoms with Crippen molar-refractivity contribution in [3.05, 3.63) is 59.2 Å². The molecule has 0 bridgehead atoms. The average Bonchev–Trinajstić information content (AvgIpc) is 2.47. The molecule has 0 amide bonds. The van der Waals surface area contributed by atoms with Crippen LogP contribution < -0.4 is 0 Å². The third-order valence-electron chi connectivity index (χ3n) is 3.28. The molecule has 22 heavy (non-hydrogen) atoms. The molecule has 0 fully saturated rings. The number of hydrogen-bond donors (Lipinski definition) is 0. The van der Waals surface area contributed by atoms with Gasteiger partial charge in [-0.15, -0.1) is 0 Å². The Balaban J connectivity index is 2.37. The summed E-state index contributed by atoms with van der Waals surface area (Å²) in [5.74, 6) is -0.436. The summed E-state index contributed by atoms with van der Waals surface area (Å²) in [6.07, 6.45) is -4.36. The van der Waals surface area contributed by atoms with E-state index in [0.29, 0.717) is 16.7 Å². The Bertz CT molecular complexity index is 673. The van der Waals surface area contributed by atoms with Gasteiger partial charge in [0, 0.05) is 0 Å². The second-order valence-electron chi connectivity index (χ2n) is 4.83. The molecule has 2 nitrogen and oxygen atoms in total. The van der Waals surface area contributed by atoms with Gasteiger partial charge in [-0.05, 0) is 48.7 Å². The van der Waals surface area contributed by atoms with Crippen LogP contribution >= 0.6 is 0 Å². The second-order valence-corrected chi connectivity index (χ2v) is 4.83. The lowest BCUT2D eigenvalue weighted by molar-refractivity contribution is -0.137. The summed E-state index contributed by atoms with van der Waals surface area (Å²) in [4.78, 5) is 11.9. The molecule has 0 N–H and O–H groups in total. The fraction of sp³-hybridized carbons (Fsp3) is 0.235. The second kappa shape index (κ2) is 6.22. The van der Waals surface area contributed by atoms with Crippen molar-refractivity contribution in [3.63, 3.8) is 0 Å². The van der Waals surface area contributed by atoms with E-state index in [9.17, 15) is 18.0 Å². The van der Waals surface area contributed by atoms with Crippen molar-refractivity contribution in [1.82, 2.24) is 0 Å². The quantitative estimate of drug-likeness (QED) is 0.757. The summed E-state index contributed by atoms with van der Waals surface area (Å²) in [5.41, 5.74) is 1.75. The number of aryl methyl sites for hydroxylation is 1. The van der Waals surface area contributed by atoms with Crippen LogP contribution in [0, 0.1) is 6.92 Å². The van der Waals surface area contributed by atoms with Gasteiger partial charge < -0.3 is 4.74 Å². The number of hydrogen-bond acceptors (Lipinski definition) is 2. The molecule has 0 aliphatic rings. The highest BCUT2D eigenvalue weighted by Crippen LogP contribution is 2.31. The van der Waals surface area contributed by atoms with Crippen molar-refractivity contribution in [2.75, 3.05) is 6.61 Å². The molecule has 2 aromatic carbocycles. The van der Waals surface area contributed by atoms with Gasteiger partial charge >= 0.3 is 12.1 Å². The van der Waals surface area contributed by atoms with E-state index in [1.54, 1.807) is 32.0 Å². The molecule has 0 radical (unpaired) electrons. The van der Waals surface area contributed by atoms with E-state index in [1.165, 1.54) is 12.1 Å². The van der Waals surface area contributed by atoms with E-state index in [-0.39, 0.29) is 6.61 Å². The predicted molar refractivity (Wildman–Crippen MR) is 77.6 cm³/mol. The fourth-order valence-electron chi connectivity index (χ4n) is 2.08. The van der Waals surface area contributed by atoms with E-state index >= 15 is 0 Å². The summed E-state index contributed by atoms with van der Waals surface area (Å²) < 4.78 is 42.7. The summed E-state index contributed by atoms with van der Waals surface area (Å²) >= 11 is 0. The van der Waals surface area contributed by atoms with Gasteiger partial charge in [-0.1, -0.05) is 24.3 Å². The molecule has 0 unspecified atom stereocenters. The van der Waals surface area contributed by atoms with Gasteiger partial charge in [0.05, 0.1) is 17.7 Å². The summed E-state index contributed by atoms with van der Waals surface area (Å²) in [6.45, 7) is 3.76. The smallest absolute Gasteiger partial charge is 0.416 e. The van der Waals surface area contributed by atoms with Crippen LogP contribution in [-0.2, 0) is 10.9 Å². The fourth-order valence-corrected chi connectivity index (χ4v) is 2.08. The average molecular weight is 308 g/mol. The number of rotatable bonds is 3. The zero-order valence-corrected chi connectivity index (χ0v) is 12.2. The Labute approximate surface area is 126 Å². The number of esters is 1. The van der Waals surface area contributed by atoms with Crippen molar-refractivity contribution in [1.29, 1.82) is 0 Å². The number of ether oxygens (including phenoxy) is 1. The van der Waals surface area contributed by atoms with Gasteiger partial charge in [-0.3, -0.25) is 0 Å². The highest BCUT2D eigenvalue weighted by molar-refractivity contribution is 5.92. The monoisotopic (exact) mass is 308 g/mol. The van der Waals surface area contributed by atoms with Crippen LogP contribution in [0.2, 0.25) is 0 Å². The zero-order valence-electron chi connectivity index (χ0n) is 12.2. The Hall–Kier alpha value is -2.30. The highest BCUT2D eigenvalue weighted by Gasteiger charge is 2.30. The highest BCUT2D eigenvalue weighted by atomic mass is 19.4. The van der Waals surface area contributed by atoms with Crippen LogP contribution in [0.3, 0.4) is 0 Å². The topological polar surface area (TPSA) is 26.3 Å². The number of alkyl halides is 3. The lowest BCUT2D eigenvalue weighted by atomic mass is 9.99. The first-order chi connectivity index (χ1) is 10.3. The van der Waals surface area contributed by atoms with Crippen LogP contribution in [0.4, 0.5) is 13.2 Å². The zero-order chi connectivity index (χ0) is 16.3. The standard InChI is InChI=1S/C17H15F3O2/c1-3-22-16(21)15-10-13(5-4-11(15)2)12-6-8-14(9-7-12)17(18,19)20/h4-10H,3H2,1-2H3. The van der Waals surface area contributed by atoms with E-state index in [2.05, 4.69) is 0 Å². The molecule has 116 valence electrons. The first-order valence-electron chi connectivity index (χ1n) is 6.78. The van der Waals surface area contributed by atoms with Crippen LogP contribution in [0.15, 0.2) is 42.5 Å². The van der Waals surface area contributed by atoms with Gasteiger partial charge in [-0.2, -0.15) is 13.2 Å². The molecule has 0 aromatic heterocycles. The normalized spacial score (nSPS) is 11.3.